The van der Waals surface area contributed by atoms with E-state index in [0.29, 0.717) is 11.4 Å². The highest BCUT2D eigenvalue weighted by atomic mass is 35.5. The molecule has 1 amide bonds. The fourth-order valence-electron chi connectivity index (χ4n) is 3.58. The van der Waals surface area contributed by atoms with Crippen molar-refractivity contribution >= 4 is 28.4 Å². The number of aromatic amines is 1. The van der Waals surface area contributed by atoms with E-state index >= 15 is 0 Å². The minimum atomic E-state index is -0.253. The zero-order chi connectivity index (χ0) is 19.6. The summed E-state index contributed by atoms with van der Waals surface area (Å²) >= 11 is 6.08. The second-order valence-electron chi connectivity index (χ2n) is 8.04. The third kappa shape index (κ3) is 4.54. The Morgan fingerprint density at radius 2 is 1.85 bits per heavy atom. The Morgan fingerprint density at radius 1 is 1.15 bits per heavy atom. The molecule has 1 heterocycles. The lowest BCUT2D eigenvalue weighted by atomic mass is 9.87. The molecule has 2 N–H and O–H groups in total. The molecule has 0 spiro atoms. The van der Waals surface area contributed by atoms with Gasteiger partial charge in [0, 0.05) is 40.0 Å². The highest BCUT2D eigenvalue weighted by molar-refractivity contribution is 6.30. The lowest BCUT2D eigenvalue weighted by molar-refractivity contribution is -0.122. The first-order chi connectivity index (χ1) is 12.8. The van der Waals surface area contributed by atoms with Crippen LogP contribution in [-0.2, 0) is 11.2 Å². The van der Waals surface area contributed by atoms with Crippen molar-refractivity contribution in [2.24, 2.45) is 0 Å². The average molecular weight is 383 g/mol. The fraction of sp³-hybridized carbons (Fsp3) is 0.348. The summed E-state index contributed by atoms with van der Waals surface area (Å²) in [5.74, 6) is 0.00826. The van der Waals surface area contributed by atoms with Crippen LogP contribution in [0.1, 0.15) is 56.7 Å². The molecule has 1 aromatic heterocycles. The number of benzene rings is 2. The van der Waals surface area contributed by atoms with E-state index in [-0.39, 0.29) is 17.4 Å². The Labute approximate surface area is 166 Å². The van der Waals surface area contributed by atoms with Gasteiger partial charge in [0.25, 0.3) is 0 Å². The molecule has 0 bridgehead atoms. The van der Waals surface area contributed by atoms with E-state index in [2.05, 4.69) is 35.4 Å². The van der Waals surface area contributed by atoms with Crippen LogP contribution in [0.25, 0.3) is 10.9 Å². The minimum Gasteiger partial charge on any atom is -0.361 e. The van der Waals surface area contributed by atoms with Crippen molar-refractivity contribution in [1.82, 2.24) is 10.3 Å². The molecule has 0 aliphatic carbocycles. The van der Waals surface area contributed by atoms with Crippen LogP contribution in [0, 0.1) is 0 Å². The van der Waals surface area contributed by atoms with E-state index in [9.17, 15) is 4.79 Å². The maximum atomic E-state index is 12.7. The quantitative estimate of drug-likeness (QED) is 0.573. The maximum absolute atomic E-state index is 12.7. The number of nitrogens with one attached hydrogen (secondary N) is 2. The molecule has 142 valence electrons. The van der Waals surface area contributed by atoms with E-state index in [0.717, 1.165) is 23.1 Å². The Hall–Kier alpha value is -2.26. The highest BCUT2D eigenvalue weighted by Crippen LogP contribution is 2.35. The summed E-state index contributed by atoms with van der Waals surface area (Å²) in [7, 11) is 0. The third-order valence-corrected chi connectivity index (χ3v) is 5.02. The van der Waals surface area contributed by atoms with Crippen LogP contribution < -0.4 is 5.32 Å². The number of carbonyl (C=O) groups excluding carboxylic acids is 1. The molecular weight excluding hydrogens is 356 g/mol. The number of aryl methyl sites for hydroxylation is 1. The van der Waals surface area contributed by atoms with Gasteiger partial charge in [0.1, 0.15) is 0 Å². The number of hydrogen-bond acceptors (Lipinski definition) is 1. The van der Waals surface area contributed by atoms with Gasteiger partial charge in [0.2, 0.25) is 5.91 Å². The normalized spacial score (nSPS) is 12.9. The summed E-state index contributed by atoms with van der Waals surface area (Å²) in [5, 5.41) is 4.96. The van der Waals surface area contributed by atoms with Gasteiger partial charge in [0.15, 0.2) is 0 Å². The zero-order valence-corrected chi connectivity index (χ0v) is 17.2. The smallest absolute Gasteiger partial charge is 0.221 e. The topological polar surface area (TPSA) is 44.9 Å². The summed E-state index contributed by atoms with van der Waals surface area (Å²) in [6, 6.07) is 14.2. The van der Waals surface area contributed by atoms with Crippen molar-refractivity contribution < 1.29 is 4.79 Å². The minimum absolute atomic E-state index is 0.0366. The van der Waals surface area contributed by atoms with Crippen LogP contribution in [-0.4, -0.2) is 16.4 Å². The number of halogens is 1. The summed E-state index contributed by atoms with van der Waals surface area (Å²) in [5.41, 5.74) is 4.42. The van der Waals surface area contributed by atoms with Crippen LogP contribution in [0.2, 0.25) is 5.02 Å². The molecule has 3 aromatic rings. The van der Waals surface area contributed by atoms with Crippen LogP contribution in [0.5, 0.6) is 0 Å². The fourth-order valence-corrected chi connectivity index (χ4v) is 3.70. The Kier molecular flexibility index (Phi) is 5.61. The summed E-state index contributed by atoms with van der Waals surface area (Å²) in [4.78, 5) is 16.1. The second-order valence-corrected chi connectivity index (χ2v) is 8.48. The summed E-state index contributed by atoms with van der Waals surface area (Å²) in [6.07, 6.45) is 3.41. The molecule has 0 saturated heterocycles. The molecule has 0 fully saturated rings. The molecule has 0 aliphatic heterocycles. The van der Waals surface area contributed by atoms with Gasteiger partial charge in [-0.15, -0.1) is 0 Å². The van der Waals surface area contributed by atoms with E-state index < -0.39 is 0 Å². The van der Waals surface area contributed by atoms with Gasteiger partial charge < -0.3 is 10.3 Å². The van der Waals surface area contributed by atoms with E-state index in [1.165, 1.54) is 10.9 Å². The van der Waals surface area contributed by atoms with Crippen molar-refractivity contribution in [3.63, 3.8) is 0 Å². The van der Waals surface area contributed by atoms with Crippen LogP contribution in [0.15, 0.2) is 48.7 Å². The number of rotatable bonds is 5. The van der Waals surface area contributed by atoms with Gasteiger partial charge in [-0.1, -0.05) is 48.9 Å². The molecule has 4 heteroatoms. The average Bonchev–Trinajstić information content (AvgIpc) is 3.03. The van der Waals surface area contributed by atoms with E-state index in [1.54, 1.807) is 0 Å². The third-order valence-electron chi connectivity index (χ3n) is 4.77. The van der Waals surface area contributed by atoms with Gasteiger partial charge in [0.05, 0.1) is 0 Å². The standard InChI is InChI=1S/C23H27ClN2O/c1-5-15-7-6-8-18-20(14-25-22(15)18)19(13-21(27)26-23(2,3)4)16-9-11-17(24)12-10-16/h6-12,14,19,25H,5,13H2,1-4H3,(H,26,27). The zero-order valence-electron chi connectivity index (χ0n) is 16.4. The predicted octanol–water partition coefficient (Wildman–Crippen LogP) is 5.82. The largest absolute Gasteiger partial charge is 0.361 e. The number of H-pyrrole nitrogens is 1. The number of aromatic nitrogens is 1. The molecule has 1 unspecified atom stereocenters. The molecule has 3 nitrogen and oxygen atoms in total. The number of fused-ring (bicyclic) bond motifs is 1. The molecule has 1 atom stereocenters. The van der Waals surface area contributed by atoms with Gasteiger partial charge in [-0.2, -0.15) is 0 Å². The first kappa shape index (κ1) is 19.5. The van der Waals surface area contributed by atoms with E-state index in [1.807, 2.05) is 51.2 Å². The van der Waals surface area contributed by atoms with Crippen molar-refractivity contribution in [3.8, 4) is 0 Å². The Morgan fingerprint density at radius 3 is 2.48 bits per heavy atom. The molecule has 3 rings (SSSR count). The Balaban J connectivity index is 2.04. The lowest BCUT2D eigenvalue weighted by Crippen LogP contribution is -2.41. The van der Waals surface area contributed by atoms with E-state index in [4.69, 9.17) is 11.6 Å². The first-order valence-electron chi connectivity index (χ1n) is 9.44. The monoisotopic (exact) mass is 382 g/mol. The van der Waals surface area contributed by atoms with Crippen LogP contribution in [0.3, 0.4) is 0 Å². The van der Waals surface area contributed by atoms with Gasteiger partial charge in [-0.05, 0) is 56.0 Å². The highest BCUT2D eigenvalue weighted by Gasteiger charge is 2.24. The Bertz CT molecular complexity index is 935. The number of amides is 1. The molecule has 0 radical (unpaired) electrons. The number of hydrogen-bond donors (Lipinski definition) is 2. The maximum Gasteiger partial charge on any atom is 0.221 e. The molecule has 2 aromatic carbocycles. The SMILES string of the molecule is CCc1cccc2c(C(CC(=O)NC(C)(C)C)c3ccc(Cl)cc3)c[nH]c12. The van der Waals surface area contributed by atoms with Gasteiger partial charge in [-0.3, -0.25) is 4.79 Å². The molecule has 27 heavy (non-hydrogen) atoms. The lowest BCUT2D eigenvalue weighted by Gasteiger charge is -2.23. The molecule has 0 aliphatic rings. The summed E-state index contributed by atoms with van der Waals surface area (Å²) < 4.78 is 0. The van der Waals surface area contributed by atoms with Gasteiger partial charge in [-0.25, -0.2) is 0 Å². The molecular formula is C23H27ClN2O. The summed E-state index contributed by atoms with van der Waals surface area (Å²) in [6.45, 7) is 8.16. The van der Waals surface area contributed by atoms with Crippen molar-refractivity contribution in [2.75, 3.05) is 0 Å². The predicted molar refractivity (Wildman–Crippen MR) is 113 cm³/mol. The van der Waals surface area contributed by atoms with Crippen molar-refractivity contribution in [2.45, 2.75) is 52.0 Å². The molecule has 0 saturated carbocycles. The van der Waals surface area contributed by atoms with Crippen LogP contribution >= 0.6 is 11.6 Å². The second kappa shape index (κ2) is 7.77. The van der Waals surface area contributed by atoms with Crippen LogP contribution in [0.4, 0.5) is 0 Å². The first-order valence-corrected chi connectivity index (χ1v) is 9.81. The number of para-hydroxylation sites is 1. The number of carbonyl (C=O) groups is 1. The van der Waals surface area contributed by atoms with Crippen molar-refractivity contribution in [3.05, 3.63) is 70.4 Å². The van der Waals surface area contributed by atoms with Crippen molar-refractivity contribution in [1.29, 1.82) is 0 Å². The van der Waals surface area contributed by atoms with Gasteiger partial charge >= 0.3 is 0 Å².